The number of nitrogens with one attached hydrogen (secondary N) is 1. The first-order valence-corrected chi connectivity index (χ1v) is 6.95. The van der Waals surface area contributed by atoms with Gasteiger partial charge in [-0.3, -0.25) is 0 Å². The third-order valence-corrected chi connectivity index (χ3v) is 3.48. The molecule has 0 radical (unpaired) electrons. The second kappa shape index (κ2) is 5.18. The van der Waals surface area contributed by atoms with Crippen molar-refractivity contribution in [2.45, 2.75) is 19.4 Å². The van der Waals surface area contributed by atoms with Crippen LogP contribution in [0.1, 0.15) is 25.2 Å². The number of rotatable bonds is 4. The first-order valence-electron chi connectivity index (χ1n) is 6.95. The summed E-state index contributed by atoms with van der Waals surface area (Å²) in [7, 11) is 0. The molecule has 3 N–H and O–H groups in total. The van der Waals surface area contributed by atoms with Crippen molar-refractivity contribution < 1.29 is 4.74 Å². The number of benzene rings is 1. The molecule has 0 spiro atoms. The number of hydrogen-bond acceptors (Lipinski definition) is 4. The first kappa shape index (κ1) is 13.6. The van der Waals surface area contributed by atoms with Crippen LogP contribution in [0.2, 0.25) is 0 Å². The number of aromatic nitrogens is 3. The maximum atomic E-state index is 6.47. The molecule has 3 rings (SSSR count). The molecule has 1 atom stereocenters. The zero-order valence-electron chi connectivity index (χ0n) is 12.1. The van der Waals surface area contributed by atoms with Gasteiger partial charge in [0.1, 0.15) is 5.82 Å². The number of H-pyrrole nitrogens is 1. The summed E-state index contributed by atoms with van der Waals surface area (Å²) in [6.07, 6.45) is 0. The molecule has 3 aromatic rings. The highest BCUT2D eigenvalue weighted by Gasteiger charge is 2.27. The number of ether oxygens (including phenoxy) is 1. The van der Waals surface area contributed by atoms with E-state index in [0.717, 1.165) is 11.1 Å². The Morgan fingerprint density at radius 1 is 1.14 bits per heavy atom. The Kier molecular flexibility index (Phi) is 3.35. The Balaban J connectivity index is 2.04. The van der Waals surface area contributed by atoms with Gasteiger partial charge in [0.25, 0.3) is 0 Å². The number of nitrogens with two attached hydrogens (primary N) is 1. The fraction of sp³-hybridized carbons (Fsp3) is 0.250. The van der Waals surface area contributed by atoms with Crippen molar-refractivity contribution in [3.05, 3.63) is 53.9 Å². The minimum atomic E-state index is -0.701. The van der Waals surface area contributed by atoms with Gasteiger partial charge in [0, 0.05) is 6.07 Å². The molecule has 0 aliphatic rings. The summed E-state index contributed by atoms with van der Waals surface area (Å²) in [4.78, 5) is 12.2. The number of hydrogen-bond donors (Lipinski definition) is 2. The summed E-state index contributed by atoms with van der Waals surface area (Å²) in [5.74, 6) is 1.26. The number of imidazole rings is 1. The zero-order valence-corrected chi connectivity index (χ0v) is 12.1. The van der Waals surface area contributed by atoms with E-state index in [1.807, 2.05) is 56.3 Å². The van der Waals surface area contributed by atoms with Crippen LogP contribution in [0.4, 0.5) is 0 Å². The number of fused-ring (bicyclic) bond motifs is 1. The quantitative estimate of drug-likeness (QED) is 0.771. The average Bonchev–Trinajstić information content (AvgIpc) is 2.92. The lowest BCUT2D eigenvalue weighted by Crippen LogP contribution is -2.35. The van der Waals surface area contributed by atoms with Gasteiger partial charge in [-0.15, -0.1) is 0 Å². The minimum Gasteiger partial charge on any atom is -0.478 e. The minimum absolute atomic E-state index is 0.571. The predicted molar refractivity (Wildman–Crippen MR) is 82.1 cm³/mol. The molecule has 0 bridgehead atoms. The number of aromatic amines is 1. The number of pyridine rings is 1. The lowest BCUT2D eigenvalue weighted by atomic mass is 9.92. The average molecular weight is 282 g/mol. The van der Waals surface area contributed by atoms with E-state index in [2.05, 4.69) is 15.0 Å². The highest BCUT2D eigenvalue weighted by Crippen LogP contribution is 2.26. The van der Waals surface area contributed by atoms with Gasteiger partial charge >= 0.3 is 0 Å². The van der Waals surface area contributed by atoms with E-state index >= 15 is 0 Å². The van der Waals surface area contributed by atoms with E-state index < -0.39 is 5.54 Å². The molecule has 0 aliphatic carbocycles. The van der Waals surface area contributed by atoms with Crippen LogP contribution in [0.15, 0.2) is 42.5 Å². The van der Waals surface area contributed by atoms with Crippen LogP contribution >= 0.6 is 0 Å². The Labute approximate surface area is 123 Å². The second-order valence-electron chi connectivity index (χ2n) is 5.11. The van der Waals surface area contributed by atoms with E-state index in [0.29, 0.717) is 24.0 Å². The van der Waals surface area contributed by atoms with Gasteiger partial charge in [-0.2, -0.15) is 4.98 Å². The summed E-state index contributed by atoms with van der Waals surface area (Å²) in [6.45, 7) is 4.44. The smallest absolute Gasteiger partial charge is 0.215 e. The molecule has 0 saturated heterocycles. The zero-order chi connectivity index (χ0) is 14.9. The van der Waals surface area contributed by atoms with Crippen molar-refractivity contribution in [2.24, 2.45) is 5.73 Å². The number of nitrogens with zero attached hydrogens (tertiary/aromatic N) is 2. The van der Waals surface area contributed by atoms with Gasteiger partial charge in [-0.05, 0) is 25.5 Å². The fourth-order valence-corrected chi connectivity index (χ4v) is 2.27. The molecule has 0 saturated carbocycles. The molecule has 0 amide bonds. The summed E-state index contributed by atoms with van der Waals surface area (Å²) in [5, 5.41) is 0. The molecule has 1 aromatic carbocycles. The van der Waals surface area contributed by atoms with E-state index in [-0.39, 0.29) is 0 Å². The third-order valence-electron chi connectivity index (χ3n) is 3.48. The SMILES string of the molecule is CCOc1ccc2[nH]c(C(C)(N)c3ccccc3)nc2n1. The maximum absolute atomic E-state index is 6.47. The lowest BCUT2D eigenvalue weighted by molar-refractivity contribution is 0.328. The molecular weight excluding hydrogens is 264 g/mol. The summed E-state index contributed by atoms with van der Waals surface area (Å²) >= 11 is 0. The second-order valence-corrected chi connectivity index (χ2v) is 5.11. The highest BCUT2D eigenvalue weighted by atomic mass is 16.5. The monoisotopic (exact) mass is 282 g/mol. The van der Waals surface area contributed by atoms with Crippen LogP contribution < -0.4 is 10.5 Å². The predicted octanol–water partition coefficient (Wildman–Crippen LogP) is 2.58. The standard InChI is InChI=1S/C16H18N4O/c1-3-21-13-10-9-12-14(19-13)20-15(18-12)16(2,17)11-7-5-4-6-8-11/h4-10H,3,17H2,1-2H3,(H,18,19,20). The summed E-state index contributed by atoms with van der Waals surface area (Å²) in [5.41, 5.74) is 8.22. The molecule has 2 aromatic heterocycles. The van der Waals surface area contributed by atoms with Crippen LogP contribution in [0.5, 0.6) is 5.88 Å². The van der Waals surface area contributed by atoms with Gasteiger partial charge in [0.05, 0.1) is 17.7 Å². The molecule has 1 unspecified atom stereocenters. The van der Waals surface area contributed by atoms with Crippen LogP contribution in [0, 0.1) is 0 Å². The van der Waals surface area contributed by atoms with Crippen molar-refractivity contribution in [1.82, 2.24) is 15.0 Å². The van der Waals surface area contributed by atoms with Gasteiger partial charge in [-0.1, -0.05) is 30.3 Å². The highest BCUT2D eigenvalue weighted by molar-refractivity contribution is 5.71. The molecule has 108 valence electrons. The fourth-order valence-electron chi connectivity index (χ4n) is 2.27. The lowest BCUT2D eigenvalue weighted by Gasteiger charge is -2.22. The van der Waals surface area contributed by atoms with Crippen LogP contribution in [-0.2, 0) is 5.54 Å². The van der Waals surface area contributed by atoms with E-state index in [9.17, 15) is 0 Å². The summed E-state index contributed by atoms with van der Waals surface area (Å²) < 4.78 is 5.40. The topological polar surface area (TPSA) is 76.8 Å². The Morgan fingerprint density at radius 3 is 2.62 bits per heavy atom. The molecule has 0 fully saturated rings. The van der Waals surface area contributed by atoms with Gasteiger partial charge < -0.3 is 15.5 Å². The normalized spacial score (nSPS) is 14.0. The van der Waals surface area contributed by atoms with Crippen molar-refractivity contribution in [3.8, 4) is 5.88 Å². The maximum Gasteiger partial charge on any atom is 0.215 e. The van der Waals surface area contributed by atoms with E-state index in [1.165, 1.54) is 0 Å². The van der Waals surface area contributed by atoms with Crippen molar-refractivity contribution in [2.75, 3.05) is 6.61 Å². The molecule has 2 heterocycles. The molecule has 0 aliphatic heterocycles. The van der Waals surface area contributed by atoms with Gasteiger partial charge in [-0.25, -0.2) is 4.98 Å². The Morgan fingerprint density at radius 2 is 1.90 bits per heavy atom. The van der Waals surface area contributed by atoms with Crippen molar-refractivity contribution >= 4 is 11.2 Å². The molecule has 21 heavy (non-hydrogen) atoms. The van der Waals surface area contributed by atoms with Crippen LogP contribution in [0.25, 0.3) is 11.2 Å². The van der Waals surface area contributed by atoms with Crippen LogP contribution in [-0.4, -0.2) is 21.6 Å². The molecule has 5 heteroatoms. The third kappa shape index (κ3) is 2.48. The largest absolute Gasteiger partial charge is 0.478 e. The summed E-state index contributed by atoms with van der Waals surface area (Å²) in [6, 6.07) is 13.6. The van der Waals surface area contributed by atoms with Gasteiger partial charge in [0.2, 0.25) is 5.88 Å². The van der Waals surface area contributed by atoms with Crippen molar-refractivity contribution in [3.63, 3.8) is 0 Å². The first-order chi connectivity index (χ1) is 10.1. The molecule has 5 nitrogen and oxygen atoms in total. The van der Waals surface area contributed by atoms with E-state index in [1.54, 1.807) is 0 Å². The van der Waals surface area contributed by atoms with E-state index in [4.69, 9.17) is 10.5 Å². The van der Waals surface area contributed by atoms with Crippen LogP contribution in [0.3, 0.4) is 0 Å². The molecular formula is C16H18N4O. The Hall–Kier alpha value is -2.40. The van der Waals surface area contributed by atoms with Crippen molar-refractivity contribution in [1.29, 1.82) is 0 Å². The van der Waals surface area contributed by atoms with Gasteiger partial charge in [0.15, 0.2) is 5.65 Å². The Bertz CT molecular complexity index is 749.